The summed E-state index contributed by atoms with van der Waals surface area (Å²) in [4.78, 5) is 0. The highest BCUT2D eigenvalue weighted by Crippen LogP contribution is 2.38. The first-order chi connectivity index (χ1) is 9.83. The molecule has 0 fully saturated rings. The SMILES string of the molecule is Cl.[2H]C1([2H])NC2CCCc3c2n(c2ccc(C)cc32)C1([2H])[2H]. The molecule has 0 amide bonds. The molecule has 2 heterocycles. The van der Waals surface area contributed by atoms with Crippen molar-refractivity contribution in [2.24, 2.45) is 0 Å². The molecule has 0 saturated heterocycles. The van der Waals surface area contributed by atoms with E-state index in [0.29, 0.717) is 0 Å². The third kappa shape index (κ3) is 1.52. The lowest BCUT2D eigenvalue weighted by Gasteiger charge is -2.31. The second kappa shape index (κ2) is 4.29. The van der Waals surface area contributed by atoms with Gasteiger partial charge in [-0.25, -0.2) is 0 Å². The highest BCUT2D eigenvalue weighted by molar-refractivity contribution is 5.87. The summed E-state index contributed by atoms with van der Waals surface area (Å²) < 4.78 is 34.5. The molecule has 96 valence electrons. The lowest BCUT2D eigenvalue weighted by Crippen LogP contribution is -2.35. The fourth-order valence-corrected chi connectivity index (χ4v) is 3.17. The van der Waals surface area contributed by atoms with Crippen LogP contribution in [0.2, 0.25) is 0 Å². The van der Waals surface area contributed by atoms with Gasteiger partial charge in [0.15, 0.2) is 0 Å². The van der Waals surface area contributed by atoms with Crippen molar-refractivity contribution in [3.63, 3.8) is 0 Å². The van der Waals surface area contributed by atoms with Crippen LogP contribution in [-0.2, 0) is 12.9 Å². The molecule has 1 N–H and O–H groups in total. The monoisotopic (exact) mass is 266 g/mol. The minimum absolute atomic E-state index is 0. The Morgan fingerprint density at radius 3 is 3.22 bits per heavy atom. The molecule has 2 aliphatic rings. The smallest absolute Gasteiger partial charge is 0.0511 e. The van der Waals surface area contributed by atoms with Gasteiger partial charge in [-0.2, -0.15) is 0 Å². The van der Waals surface area contributed by atoms with Gasteiger partial charge in [0.25, 0.3) is 0 Å². The van der Waals surface area contributed by atoms with Crippen LogP contribution in [0, 0.1) is 6.92 Å². The van der Waals surface area contributed by atoms with Crippen molar-refractivity contribution in [3.8, 4) is 0 Å². The van der Waals surface area contributed by atoms with Crippen LogP contribution in [0.25, 0.3) is 10.9 Å². The third-order valence-electron chi connectivity index (χ3n) is 3.93. The number of aryl methyl sites for hydroxylation is 3. The maximum atomic E-state index is 8.34. The van der Waals surface area contributed by atoms with E-state index in [1.807, 2.05) is 19.1 Å². The first-order valence-corrected chi connectivity index (χ1v) is 6.25. The van der Waals surface area contributed by atoms with Crippen molar-refractivity contribution in [1.82, 2.24) is 9.88 Å². The van der Waals surface area contributed by atoms with Crippen molar-refractivity contribution in [2.45, 2.75) is 38.7 Å². The number of nitrogens with one attached hydrogen (secondary N) is 1. The van der Waals surface area contributed by atoms with Gasteiger partial charge in [-0.1, -0.05) is 11.6 Å². The van der Waals surface area contributed by atoms with E-state index in [1.165, 1.54) is 5.56 Å². The number of nitrogens with zero attached hydrogens (tertiary/aromatic N) is 1. The Morgan fingerprint density at radius 2 is 2.33 bits per heavy atom. The Balaban J connectivity index is 0.00000144. The molecule has 4 rings (SSSR count). The fourth-order valence-electron chi connectivity index (χ4n) is 3.17. The van der Waals surface area contributed by atoms with Crippen molar-refractivity contribution >= 4 is 23.3 Å². The van der Waals surface area contributed by atoms with Crippen LogP contribution in [0.3, 0.4) is 0 Å². The van der Waals surface area contributed by atoms with Crippen LogP contribution in [-0.4, -0.2) is 11.1 Å². The minimum Gasteiger partial charge on any atom is -0.342 e. The summed E-state index contributed by atoms with van der Waals surface area (Å²) in [6.45, 7) is -2.13. The number of hydrogen-bond acceptors (Lipinski definition) is 1. The van der Waals surface area contributed by atoms with E-state index in [1.54, 1.807) is 4.57 Å². The molecule has 0 saturated carbocycles. The Morgan fingerprint density at radius 1 is 1.44 bits per heavy atom. The Kier molecular flexibility index (Phi) is 1.96. The average molecular weight is 267 g/mol. The first-order valence-electron chi connectivity index (χ1n) is 8.25. The maximum Gasteiger partial charge on any atom is 0.0511 e. The number of benzene rings is 1. The van der Waals surface area contributed by atoms with Gasteiger partial charge in [-0.05, 0) is 43.9 Å². The van der Waals surface area contributed by atoms with Crippen LogP contribution in [0.1, 0.15) is 41.2 Å². The number of hydrogen-bond donors (Lipinski definition) is 1. The van der Waals surface area contributed by atoms with Gasteiger partial charge in [0.05, 0.1) is 2.74 Å². The van der Waals surface area contributed by atoms with Crippen LogP contribution in [0.5, 0.6) is 0 Å². The molecule has 2 aromatic rings. The summed E-state index contributed by atoms with van der Waals surface area (Å²) >= 11 is 0. The highest BCUT2D eigenvalue weighted by Gasteiger charge is 2.29. The average Bonchev–Trinajstić information content (AvgIpc) is 2.72. The van der Waals surface area contributed by atoms with Gasteiger partial charge in [0, 0.05) is 38.4 Å². The summed E-state index contributed by atoms with van der Waals surface area (Å²) in [5.74, 6) is 0. The van der Waals surface area contributed by atoms with E-state index in [-0.39, 0.29) is 18.4 Å². The summed E-state index contributed by atoms with van der Waals surface area (Å²) in [6.07, 6.45) is 2.81. The van der Waals surface area contributed by atoms with Crippen molar-refractivity contribution in [3.05, 3.63) is 35.0 Å². The van der Waals surface area contributed by atoms with Gasteiger partial charge >= 0.3 is 0 Å². The second-order valence-corrected chi connectivity index (χ2v) is 5.05. The van der Waals surface area contributed by atoms with E-state index in [0.717, 1.165) is 41.4 Å². The normalized spacial score (nSPS) is 30.4. The lowest BCUT2D eigenvalue weighted by atomic mass is 9.90. The van der Waals surface area contributed by atoms with E-state index in [9.17, 15) is 0 Å². The molecule has 1 aromatic heterocycles. The lowest BCUT2D eigenvalue weighted by molar-refractivity contribution is 0.384. The molecule has 1 aromatic carbocycles. The summed E-state index contributed by atoms with van der Waals surface area (Å²) in [7, 11) is 0. The molecular weight excluding hydrogens is 244 g/mol. The highest BCUT2D eigenvalue weighted by atomic mass is 35.5. The Labute approximate surface area is 119 Å². The van der Waals surface area contributed by atoms with E-state index in [2.05, 4.69) is 11.4 Å². The number of fused-ring (bicyclic) bond motifs is 3. The van der Waals surface area contributed by atoms with Crippen molar-refractivity contribution in [2.75, 3.05) is 6.50 Å². The first kappa shape index (κ1) is 8.23. The van der Waals surface area contributed by atoms with E-state index >= 15 is 0 Å². The summed E-state index contributed by atoms with van der Waals surface area (Å²) in [5.41, 5.74) is 4.10. The number of halogens is 1. The van der Waals surface area contributed by atoms with Crippen LogP contribution in [0.15, 0.2) is 18.2 Å². The quantitative estimate of drug-likeness (QED) is 0.774. The zero-order valence-electron chi connectivity index (χ0n) is 14.3. The van der Waals surface area contributed by atoms with Gasteiger partial charge in [0.1, 0.15) is 0 Å². The molecule has 2 nitrogen and oxygen atoms in total. The van der Waals surface area contributed by atoms with Gasteiger partial charge in [-0.3, -0.25) is 0 Å². The van der Waals surface area contributed by atoms with Gasteiger partial charge in [0.2, 0.25) is 0 Å². The largest absolute Gasteiger partial charge is 0.342 e. The standard InChI is InChI=1S/C15H18N2.ClH/c1-10-5-6-14-12(9-10)11-3-2-4-13-15(11)17(14)8-7-16-13;/h5-6,9,13,16H,2-4,7-8H2,1H3;1H/i7D2,8D2;. The van der Waals surface area contributed by atoms with Crippen molar-refractivity contribution in [1.29, 1.82) is 0 Å². The Hall–Kier alpha value is -0.990. The molecule has 1 unspecified atom stereocenters. The minimum atomic E-state index is -2.10. The van der Waals surface area contributed by atoms with Crippen LogP contribution < -0.4 is 5.32 Å². The topological polar surface area (TPSA) is 17.0 Å². The molecule has 1 aliphatic heterocycles. The van der Waals surface area contributed by atoms with Crippen molar-refractivity contribution < 1.29 is 5.48 Å². The number of rotatable bonds is 0. The zero-order valence-corrected chi connectivity index (χ0v) is 11.1. The summed E-state index contributed by atoms with van der Waals surface area (Å²) in [6, 6.07) is 5.91. The second-order valence-electron chi connectivity index (χ2n) is 5.05. The van der Waals surface area contributed by atoms with E-state index in [4.69, 9.17) is 5.48 Å². The maximum absolute atomic E-state index is 8.34. The molecule has 0 spiro atoms. The van der Waals surface area contributed by atoms with Gasteiger partial charge in [-0.15, -0.1) is 12.4 Å². The third-order valence-corrected chi connectivity index (χ3v) is 3.93. The van der Waals surface area contributed by atoms with E-state index < -0.39 is 13.0 Å². The number of aromatic nitrogens is 1. The van der Waals surface area contributed by atoms with Gasteiger partial charge < -0.3 is 9.88 Å². The predicted molar refractivity (Wildman–Crippen MR) is 77.6 cm³/mol. The molecule has 18 heavy (non-hydrogen) atoms. The molecule has 0 bridgehead atoms. The molecule has 1 aliphatic carbocycles. The Bertz CT molecular complexity index is 754. The molecule has 1 atom stereocenters. The molecule has 3 heteroatoms. The summed E-state index contributed by atoms with van der Waals surface area (Å²) in [5, 5.41) is 3.98. The molecular formula is C15H19ClN2. The fraction of sp³-hybridized carbons (Fsp3) is 0.467. The molecule has 0 radical (unpaired) electrons. The predicted octanol–water partition coefficient (Wildman–Crippen LogP) is 3.35. The van der Waals surface area contributed by atoms with Crippen LogP contribution in [0.4, 0.5) is 0 Å². The zero-order chi connectivity index (χ0) is 15.0. The van der Waals surface area contributed by atoms with Crippen LogP contribution >= 0.6 is 12.4 Å².